The van der Waals surface area contributed by atoms with Crippen molar-refractivity contribution in [3.63, 3.8) is 0 Å². The van der Waals surface area contributed by atoms with Gasteiger partial charge in [-0.1, -0.05) is 54.6 Å². The third-order valence-corrected chi connectivity index (χ3v) is 9.18. The second-order valence-corrected chi connectivity index (χ2v) is 11.7. The van der Waals surface area contributed by atoms with Crippen molar-refractivity contribution in [3.8, 4) is 28.4 Å². The van der Waals surface area contributed by atoms with Crippen molar-refractivity contribution < 1.29 is 14.2 Å². The molecular formula is C37H33NO3. The van der Waals surface area contributed by atoms with Gasteiger partial charge < -0.3 is 19.1 Å². The molecular weight excluding hydrogens is 506 g/mol. The zero-order valence-electron chi connectivity index (χ0n) is 23.8. The van der Waals surface area contributed by atoms with Crippen LogP contribution in [0.15, 0.2) is 84.5 Å². The molecule has 4 nitrogen and oxygen atoms in total. The normalized spacial score (nSPS) is 19.7. The summed E-state index contributed by atoms with van der Waals surface area (Å²) < 4.78 is 19.2. The minimum absolute atomic E-state index is 0.244. The molecule has 4 aromatic rings. The number of ether oxygens (including phenoxy) is 3. The number of hydrogen-bond donors (Lipinski definition) is 0. The zero-order valence-corrected chi connectivity index (χ0v) is 23.8. The van der Waals surface area contributed by atoms with E-state index in [0.717, 1.165) is 59.3 Å². The van der Waals surface area contributed by atoms with Gasteiger partial charge in [-0.15, -0.1) is 0 Å². The number of fused-ring (bicyclic) bond motifs is 9. The second kappa shape index (κ2) is 9.04. The van der Waals surface area contributed by atoms with Gasteiger partial charge in [0.1, 0.15) is 5.75 Å². The van der Waals surface area contributed by atoms with Crippen molar-refractivity contribution in [2.24, 2.45) is 0 Å². The Balaban J connectivity index is 1.41. The van der Waals surface area contributed by atoms with E-state index in [4.69, 9.17) is 14.2 Å². The van der Waals surface area contributed by atoms with Gasteiger partial charge in [0.05, 0.1) is 0 Å². The minimum Gasteiger partial charge on any atom is -0.473 e. The van der Waals surface area contributed by atoms with E-state index in [1.54, 1.807) is 0 Å². The lowest BCUT2D eigenvalue weighted by Crippen LogP contribution is -2.36. The molecule has 0 saturated heterocycles. The van der Waals surface area contributed by atoms with Crippen LogP contribution < -0.4 is 19.1 Å². The Morgan fingerprint density at radius 1 is 0.878 bits per heavy atom. The summed E-state index contributed by atoms with van der Waals surface area (Å²) in [5.74, 6) is 2.51. The molecule has 0 N–H and O–H groups in total. The van der Waals surface area contributed by atoms with Gasteiger partial charge in [-0.3, -0.25) is 0 Å². The molecule has 0 spiro atoms. The lowest BCUT2D eigenvalue weighted by molar-refractivity contribution is 0.154. The highest BCUT2D eigenvalue weighted by Crippen LogP contribution is 2.54. The lowest BCUT2D eigenvalue weighted by Gasteiger charge is -2.40. The quantitative estimate of drug-likeness (QED) is 0.262. The fourth-order valence-corrected chi connectivity index (χ4v) is 7.22. The SMILES string of the molecule is Cc1cc(C2(C3=CC=CCC3)C=Cc3c4c(c5cc6c(cc5c3O2)OCO6)-c2ccccc2CC4)ccc1N(C)C. The molecule has 2 aliphatic heterocycles. The first-order valence-corrected chi connectivity index (χ1v) is 14.6. The first kappa shape index (κ1) is 24.4. The number of nitrogens with zero attached hydrogens (tertiary/aromatic N) is 1. The summed E-state index contributed by atoms with van der Waals surface area (Å²) in [6.45, 7) is 2.43. The minimum atomic E-state index is -0.697. The molecule has 1 atom stereocenters. The molecule has 1 unspecified atom stereocenters. The topological polar surface area (TPSA) is 30.9 Å². The van der Waals surface area contributed by atoms with Crippen LogP contribution in [0.25, 0.3) is 28.0 Å². The molecule has 4 heteroatoms. The van der Waals surface area contributed by atoms with E-state index in [0.29, 0.717) is 0 Å². The maximum atomic E-state index is 7.43. The Labute approximate surface area is 241 Å². The predicted octanol–water partition coefficient (Wildman–Crippen LogP) is 8.29. The molecule has 0 fully saturated rings. The number of rotatable bonds is 3. The van der Waals surface area contributed by atoms with Crippen molar-refractivity contribution in [3.05, 3.63) is 112 Å². The van der Waals surface area contributed by atoms with Crippen molar-refractivity contribution >= 4 is 22.5 Å². The van der Waals surface area contributed by atoms with Crippen molar-refractivity contribution in [2.45, 2.75) is 38.2 Å². The predicted molar refractivity (Wildman–Crippen MR) is 166 cm³/mol. The molecule has 4 aliphatic rings. The van der Waals surface area contributed by atoms with Crippen LogP contribution in [0.4, 0.5) is 5.69 Å². The summed E-state index contributed by atoms with van der Waals surface area (Å²) in [5, 5.41) is 2.23. The van der Waals surface area contributed by atoms with Gasteiger partial charge in [0.25, 0.3) is 0 Å². The zero-order chi connectivity index (χ0) is 27.7. The van der Waals surface area contributed by atoms with Gasteiger partial charge in [0, 0.05) is 36.3 Å². The Morgan fingerprint density at radius 3 is 2.49 bits per heavy atom. The second-order valence-electron chi connectivity index (χ2n) is 11.7. The third kappa shape index (κ3) is 3.59. The molecule has 204 valence electrons. The Hall–Kier alpha value is -4.44. The summed E-state index contributed by atoms with van der Waals surface area (Å²) in [7, 11) is 4.19. The number of benzene rings is 4. The van der Waals surface area contributed by atoms with Crippen LogP contribution in [-0.4, -0.2) is 20.9 Å². The fourth-order valence-electron chi connectivity index (χ4n) is 7.22. The van der Waals surface area contributed by atoms with E-state index in [1.807, 2.05) is 0 Å². The Bertz CT molecular complexity index is 1840. The van der Waals surface area contributed by atoms with Gasteiger partial charge in [-0.05, 0) is 102 Å². The van der Waals surface area contributed by atoms with Crippen LogP contribution in [0.3, 0.4) is 0 Å². The maximum absolute atomic E-state index is 7.43. The Kier molecular flexibility index (Phi) is 5.37. The van der Waals surface area contributed by atoms with Crippen LogP contribution >= 0.6 is 0 Å². The number of hydrogen-bond acceptors (Lipinski definition) is 4. The molecule has 2 heterocycles. The molecule has 0 aromatic heterocycles. The lowest BCUT2D eigenvalue weighted by atomic mass is 9.76. The molecule has 4 aromatic carbocycles. The molecule has 0 bridgehead atoms. The molecule has 41 heavy (non-hydrogen) atoms. The van der Waals surface area contributed by atoms with Gasteiger partial charge >= 0.3 is 0 Å². The van der Waals surface area contributed by atoms with Crippen LogP contribution in [0.1, 0.15) is 40.7 Å². The number of aryl methyl sites for hydroxylation is 2. The largest absolute Gasteiger partial charge is 0.473 e. The molecule has 0 amide bonds. The van der Waals surface area contributed by atoms with Crippen molar-refractivity contribution in [1.82, 2.24) is 0 Å². The van der Waals surface area contributed by atoms with E-state index >= 15 is 0 Å². The number of allylic oxidation sites excluding steroid dienone is 3. The van der Waals surface area contributed by atoms with Crippen molar-refractivity contribution in [2.75, 3.05) is 25.8 Å². The number of anilines is 1. The smallest absolute Gasteiger partial charge is 0.231 e. The standard InChI is InChI=1S/C37H33NO3/c1-23-19-26(14-16-32(23)38(2)3)37(25-10-5-4-6-11-25)18-17-29-28-15-13-24-9-7-8-12-27(24)35(28)30-20-33-34(40-22-39-33)21-31(30)36(29)41-37/h4-5,7-10,12,14,16-21H,6,11,13,15,22H2,1-3H3. The fraction of sp³-hybridized carbons (Fsp3) is 0.243. The van der Waals surface area contributed by atoms with Crippen LogP contribution in [0, 0.1) is 6.92 Å². The van der Waals surface area contributed by atoms with E-state index in [-0.39, 0.29) is 6.79 Å². The highest BCUT2D eigenvalue weighted by molar-refractivity contribution is 6.07. The summed E-state index contributed by atoms with van der Waals surface area (Å²) in [6.07, 6.45) is 15.3. The van der Waals surface area contributed by atoms with Gasteiger partial charge in [-0.25, -0.2) is 0 Å². The summed E-state index contributed by atoms with van der Waals surface area (Å²) >= 11 is 0. The summed E-state index contributed by atoms with van der Waals surface area (Å²) in [5.41, 5.74) is 10.7. The van der Waals surface area contributed by atoms with Gasteiger partial charge in [-0.2, -0.15) is 0 Å². The van der Waals surface area contributed by atoms with Gasteiger partial charge in [0.15, 0.2) is 17.1 Å². The third-order valence-electron chi connectivity index (χ3n) is 9.18. The average molecular weight is 540 g/mol. The Morgan fingerprint density at radius 2 is 1.71 bits per heavy atom. The summed E-state index contributed by atoms with van der Waals surface area (Å²) in [6, 6.07) is 19.9. The molecule has 8 rings (SSSR count). The van der Waals surface area contributed by atoms with Crippen LogP contribution in [-0.2, 0) is 18.4 Å². The highest BCUT2D eigenvalue weighted by atomic mass is 16.7. The van der Waals surface area contributed by atoms with Crippen LogP contribution in [0.2, 0.25) is 0 Å². The van der Waals surface area contributed by atoms with E-state index in [2.05, 4.69) is 111 Å². The van der Waals surface area contributed by atoms with E-state index < -0.39 is 5.60 Å². The average Bonchev–Trinajstić information content (AvgIpc) is 3.47. The first-order chi connectivity index (χ1) is 20.0. The summed E-state index contributed by atoms with van der Waals surface area (Å²) in [4.78, 5) is 2.17. The molecule has 0 radical (unpaired) electrons. The molecule has 0 saturated carbocycles. The van der Waals surface area contributed by atoms with Crippen LogP contribution in [0.5, 0.6) is 17.2 Å². The van der Waals surface area contributed by atoms with Crippen molar-refractivity contribution in [1.29, 1.82) is 0 Å². The first-order valence-electron chi connectivity index (χ1n) is 14.6. The van der Waals surface area contributed by atoms with E-state index in [1.165, 1.54) is 44.6 Å². The highest BCUT2D eigenvalue weighted by Gasteiger charge is 2.41. The maximum Gasteiger partial charge on any atom is 0.231 e. The van der Waals surface area contributed by atoms with E-state index in [9.17, 15) is 0 Å². The van der Waals surface area contributed by atoms with Gasteiger partial charge in [0.2, 0.25) is 6.79 Å². The monoisotopic (exact) mass is 539 g/mol. The molecule has 2 aliphatic carbocycles.